The van der Waals surface area contributed by atoms with Gasteiger partial charge in [0.05, 0.1) is 21.1 Å². The molecule has 5 aromatic carbocycles. The standard InChI is InChI=1S/C47H49ClN6O7S2/c1-31(2)53-32(3)44(47(56)57)45(46(53)33-12-14-35(48)15-13-33)34-8-7-9-39(28-34)52-25-23-51(24-26-52)38-18-16-36(17-19-38)50-63(60,61)41-20-21-42(43(29-41)54(58)59)49-37(22-27-55)30-62-40-10-5-4-6-11-40/h4-21,28-29,31,37,49-50,55H,22-27,30H2,1-3H3,(H,56,57)/t37-/m1/s1. The number of nitro groups is 1. The maximum absolute atomic E-state index is 13.5. The van der Waals surface area contributed by atoms with Crippen molar-refractivity contribution in [3.63, 3.8) is 0 Å². The second-order valence-electron chi connectivity index (χ2n) is 15.6. The van der Waals surface area contributed by atoms with Crippen LogP contribution in [0.1, 0.15) is 42.4 Å². The van der Waals surface area contributed by atoms with Crippen LogP contribution in [0.3, 0.4) is 0 Å². The first kappa shape index (κ1) is 45.0. The molecule has 0 spiro atoms. The van der Waals surface area contributed by atoms with E-state index in [-0.39, 0.29) is 40.5 Å². The molecule has 0 amide bonds. The lowest BCUT2D eigenvalue weighted by Gasteiger charge is -2.37. The SMILES string of the molecule is Cc1c(C(=O)O)c(-c2cccc(N3CCN(c4ccc(NS(=O)(=O)c5ccc(N[C@H](CCO)CSc6ccccc6)c([N+](=O)[O-])c5)cc4)CC3)c2)c(-c2ccc(Cl)cc2)n1C(C)C. The maximum Gasteiger partial charge on any atom is 0.338 e. The van der Waals surface area contributed by atoms with Crippen molar-refractivity contribution in [1.82, 2.24) is 4.57 Å². The number of carboxylic acid groups (broad SMARTS) is 1. The van der Waals surface area contributed by atoms with Crippen LogP contribution < -0.4 is 19.8 Å². The second-order valence-corrected chi connectivity index (χ2v) is 18.8. The summed E-state index contributed by atoms with van der Waals surface area (Å²) in [5, 5.41) is 36.0. The van der Waals surface area contributed by atoms with Gasteiger partial charge in [-0.05, 0) is 111 Å². The molecule has 1 atom stereocenters. The summed E-state index contributed by atoms with van der Waals surface area (Å²) in [5.41, 5.74) is 6.08. The highest BCUT2D eigenvalue weighted by Gasteiger charge is 2.29. The van der Waals surface area contributed by atoms with Crippen LogP contribution in [-0.2, 0) is 10.0 Å². The Hall–Kier alpha value is -6.00. The summed E-state index contributed by atoms with van der Waals surface area (Å²) in [6, 6.07) is 35.6. The van der Waals surface area contributed by atoms with E-state index in [2.05, 4.69) is 30.5 Å². The molecule has 1 fully saturated rings. The van der Waals surface area contributed by atoms with Gasteiger partial charge in [-0.2, -0.15) is 0 Å². The van der Waals surface area contributed by atoms with Gasteiger partial charge < -0.3 is 29.9 Å². The minimum atomic E-state index is -4.19. The Morgan fingerprint density at radius 1 is 0.857 bits per heavy atom. The van der Waals surface area contributed by atoms with Crippen LogP contribution in [-0.4, -0.2) is 78.7 Å². The van der Waals surface area contributed by atoms with Gasteiger partial charge in [0.15, 0.2) is 0 Å². The number of piperazine rings is 1. The molecule has 63 heavy (non-hydrogen) atoms. The third kappa shape index (κ3) is 10.3. The number of sulfonamides is 1. The molecule has 4 N–H and O–H groups in total. The molecule has 6 aromatic rings. The van der Waals surface area contributed by atoms with Crippen molar-refractivity contribution >= 4 is 67.8 Å². The van der Waals surface area contributed by atoms with Crippen molar-refractivity contribution in [2.75, 3.05) is 58.4 Å². The molecule has 0 radical (unpaired) electrons. The van der Waals surface area contributed by atoms with Crippen molar-refractivity contribution in [1.29, 1.82) is 0 Å². The molecule has 0 saturated carbocycles. The van der Waals surface area contributed by atoms with E-state index in [0.29, 0.717) is 60.3 Å². The fraction of sp³-hybridized carbons (Fsp3) is 0.255. The summed E-state index contributed by atoms with van der Waals surface area (Å²) < 4.78 is 31.6. The number of nitrogens with one attached hydrogen (secondary N) is 2. The molecule has 1 aliphatic rings. The second kappa shape index (κ2) is 19.6. The number of carboxylic acids is 1. The molecule has 328 valence electrons. The van der Waals surface area contributed by atoms with Crippen molar-refractivity contribution in [3.8, 4) is 22.4 Å². The molecule has 7 rings (SSSR count). The normalized spacial score (nSPS) is 13.6. The molecule has 1 aromatic heterocycles. The van der Waals surface area contributed by atoms with Crippen LogP contribution in [0, 0.1) is 17.0 Å². The zero-order valence-corrected chi connectivity index (χ0v) is 37.5. The Bertz CT molecular complexity index is 2690. The molecule has 1 saturated heterocycles. The lowest BCUT2D eigenvalue weighted by Crippen LogP contribution is -2.46. The minimum Gasteiger partial charge on any atom is -0.478 e. The quantitative estimate of drug-likeness (QED) is 0.0390. The summed E-state index contributed by atoms with van der Waals surface area (Å²) in [5.74, 6) is -0.458. The predicted octanol–water partition coefficient (Wildman–Crippen LogP) is 10.1. The fourth-order valence-electron chi connectivity index (χ4n) is 8.06. The highest BCUT2D eigenvalue weighted by molar-refractivity contribution is 7.99. The van der Waals surface area contributed by atoms with E-state index < -0.39 is 20.9 Å². The lowest BCUT2D eigenvalue weighted by molar-refractivity contribution is -0.384. The largest absolute Gasteiger partial charge is 0.478 e. The summed E-state index contributed by atoms with van der Waals surface area (Å²) in [7, 11) is -4.19. The van der Waals surface area contributed by atoms with Crippen LogP contribution in [0.15, 0.2) is 131 Å². The highest BCUT2D eigenvalue weighted by atomic mass is 35.5. The van der Waals surface area contributed by atoms with Gasteiger partial charge in [0.1, 0.15) is 5.69 Å². The van der Waals surface area contributed by atoms with Crippen LogP contribution in [0.5, 0.6) is 0 Å². The summed E-state index contributed by atoms with van der Waals surface area (Å²) in [4.78, 5) is 29.6. The molecular weight excluding hydrogens is 860 g/mol. The first-order chi connectivity index (χ1) is 30.2. The number of carbonyl (C=O) groups is 1. The van der Waals surface area contributed by atoms with E-state index in [1.165, 1.54) is 12.1 Å². The third-order valence-corrected chi connectivity index (χ3v) is 13.9. The molecule has 13 nitrogen and oxygen atoms in total. The Labute approximate surface area is 376 Å². The number of aliphatic hydroxyl groups excluding tert-OH is 1. The number of benzene rings is 5. The van der Waals surface area contributed by atoms with Gasteiger partial charge in [-0.1, -0.05) is 54.1 Å². The van der Waals surface area contributed by atoms with Crippen molar-refractivity contribution < 1.29 is 28.3 Å². The molecule has 0 bridgehead atoms. The molecule has 2 heterocycles. The van der Waals surface area contributed by atoms with Gasteiger partial charge in [-0.25, -0.2) is 13.2 Å². The Balaban J connectivity index is 1.02. The number of hydrogen-bond donors (Lipinski definition) is 4. The van der Waals surface area contributed by atoms with Gasteiger partial charge in [-0.3, -0.25) is 14.8 Å². The van der Waals surface area contributed by atoms with Crippen LogP contribution in [0.25, 0.3) is 22.4 Å². The number of rotatable bonds is 17. The number of anilines is 4. The Morgan fingerprint density at radius 2 is 1.52 bits per heavy atom. The molecule has 0 unspecified atom stereocenters. The van der Waals surface area contributed by atoms with Crippen LogP contribution in [0.4, 0.5) is 28.4 Å². The molecule has 16 heteroatoms. The van der Waals surface area contributed by atoms with E-state index in [1.807, 2.05) is 106 Å². The number of halogens is 1. The number of aromatic nitrogens is 1. The highest BCUT2D eigenvalue weighted by Crippen LogP contribution is 2.42. The van der Waals surface area contributed by atoms with Gasteiger partial charge in [0.25, 0.3) is 15.7 Å². The zero-order chi connectivity index (χ0) is 44.8. The minimum absolute atomic E-state index is 0.00431. The molecule has 1 aliphatic heterocycles. The number of nitrogens with zero attached hydrogens (tertiary/aromatic N) is 4. The van der Waals surface area contributed by atoms with Crippen molar-refractivity contribution in [2.24, 2.45) is 0 Å². The van der Waals surface area contributed by atoms with Crippen LogP contribution >= 0.6 is 23.4 Å². The zero-order valence-electron chi connectivity index (χ0n) is 35.1. The van der Waals surface area contributed by atoms with Gasteiger partial charge >= 0.3 is 5.97 Å². The van der Waals surface area contributed by atoms with Gasteiger partial charge in [-0.15, -0.1) is 11.8 Å². The van der Waals surface area contributed by atoms with E-state index in [0.717, 1.165) is 39.2 Å². The topological polar surface area (TPSA) is 170 Å². The fourth-order valence-corrected chi connectivity index (χ4v) is 10.3. The summed E-state index contributed by atoms with van der Waals surface area (Å²) >= 11 is 7.79. The third-order valence-electron chi connectivity index (χ3n) is 11.1. The molecular formula is C47H49ClN6O7S2. The first-order valence-electron chi connectivity index (χ1n) is 20.5. The predicted molar refractivity (Wildman–Crippen MR) is 253 cm³/mol. The molecule has 0 aliphatic carbocycles. The number of aromatic carboxylic acids is 1. The summed E-state index contributed by atoms with van der Waals surface area (Å²) in [6.45, 7) is 8.57. The first-order valence-corrected chi connectivity index (χ1v) is 23.4. The van der Waals surface area contributed by atoms with E-state index in [1.54, 1.807) is 23.9 Å². The number of thioether (sulfide) groups is 1. The van der Waals surface area contributed by atoms with E-state index in [4.69, 9.17) is 11.6 Å². The average Bonchev–Trinajstić information content (AvgIpc) is 3.59. The maximum atomic E-state index is 13.5. The van der Waals surface area contributed by atoms with Gasteiger partial charge in [0, 0.05) is 94.9 Å². The van der Waals surface area contributed by atoms with Crippen molar-refractivity contribution in [2.45, 2.75) is 49.1 Å². The average molecular weight is 910 g/mol. The van der Waals surface area contributed by atoms with E-state index >= 15 is 0 Å². The van der Waals surface area contributed by atoms with E-state index in [9.17, 15) is 33.5 Å². The Kier molecular flexibility index (Phi) is 14.0. The number of aliphatic hydroxyl groups is 1. The lowest BCUT2D eigenvalue weighted by atomic mass is 9.96. The van der Waals surface area contributed by atoms with Crippen LogP contribution in [0.2, 0.25) is 5.02 Å². The smallest absolute Gasteiger partial charge is 0.338 e. The number of hydrogen-bond acceptors (Lipinski definition) is 10. The Morgan fingerprint density at radius 3 is 2.14 bits per heavy atom. The van der Waals surface area contributed by atoms with Crippen molar-refractivity contribution in [3.05, 3.63) is 148 Å². The van der Waals surface area contributed by atoms with Gasteiger partial charge in [0.2, 0.25) is 0 Å². The monoisotopic (exact) mass is 908 g/mol. The summed E-state index contributed by atoms with van der Waals surface area (Å²) in [6.07, 6.45) is 0.343. The number of nitro benzene ring substituents is 1.